The molecule has 0 radical (unpaired) electrons. The highest BCUT2D eigenvalue weighted by Crippen LogP contribution is 2.25. The first-order valence-electron chi connectivity index (χ1n) is 10.1. The number of carbonyl (C=O) groups excluding carboxylic acids is 1. The Bertz CT molecular complexity index is 974. The zero-order chi connectivity index (χ0) is 22.3. The van der Waals surface area contributed by atoms with Gasteiger partial charge in [-0.1, -0.05) is 23.7 Å². The Morgan fingerprint density at radius 3 is 2.65 bits per heavy atom. The van der Waals surface area contributed by atoms with Crippen LogP contribution in [-0.4, -0.2) is 55.8 Å². The number of aliphatic hydroxyl groups is 1. The van der Waals surface area contributed by atoms with E-state index in [2.05, 4.69) is 15.0 Å². The van der Waals surface area contributed by atoms with Crippen molar-refractivity contribution in [2.24, 2.45) is 0 Å². The van der Waals surface area contributed by atoms with Gasteiger partial charge in [-0.25, -0.2) is 13.1 Å². The number of ether oxygens (including phenoxy) is 1. The van der Waals surface area contributed by atoms with Gasteiger partial charge in [0.25, 0.3) is 0 Å². The second kappa shape index (κ2) is 11.0. The molecule has 0 bridgehead atoms. The monoisotopic (exact) mass is 467 g/mol. The zero-order valence-corrected chi connectivity index (χ0v) is 18.5. The van der Waals surface area contributed by atoms with Crippen LogP contribution in [0.25, 0.3) is 0 Å². The number of aromatic nitrogens is 1. The second-order valence-electron chi connectivity index (χ2n) is 7.39. The highest BCUT2D eigenvalue weighted by molar-refractivity contribution is 7.89. The van der Waals surface area contributed by atoms with Gasteiger partial charge >= 0.3 is 0 Å². The maximum Gasteiger partial charge on any atom is 0.242 e. The Balaban J connectivity index is 1.48. The highest BCUT2D eigenvalue weighted by Gasteiger charge is 2.34. The Morgan fingerprint density at radius 2 is 1.94 bits per heavy atom. The predicted molar refractivity (Wildman–Crippen MR) is 116 cm³/mol. The van der Waals surface area contributed by atoms with Crippen LogP contribution in [0.2, 0.25) is 5.02 Å². The summed E-state index contributed by atoms with van der Waals surface area (Å²) in [5.41, 5.74) is 0.885. The molecule has 0 spiro atoms. The van der Waals surface area contributed by atoms with Crippen LogP contribution >= 0.6 is 11.6 Å². The summed E-state index contributed by atoms with van der Waals surface area (Å²) < 4.78 is 33.8. The molecule has 1 aromatic carbocycles. The lowest BCUT2D eigenvalue weighted by molar-refractivity contribution is -0.121. The van der Waals surface area contributed by atoms with E-state index in [1.54, 1.807) is 36.7 Å². The van der Waals surface area contributed by atoms with E-state index in [1.807, 2.05) is 0 Å². The molecule has 0 saturated carbocycles. The second-order valence-corrected chi connectivity index (χ2v) is 9.48. The molecule has 3 N–H and O–H groups in total. The summed E-state index contributed by atoms with van der Waals surface area (Å²) in [7, 11) is -3.84. The van der Waals surface area contributed by atoms with E-state index in [4.69, 9.17) is 16.3 Å². The molecule has 31 heavy (non-hydrogen) atoms. The molecule has 1 aromatic heterocycles. The Morgan fingerprint density at radius 1 is 1.19 bits per heavy atom. The number of sulfonamides is 1. The number of carbonyl (C=O) groups is 1. The van der Waals surface area contributed by atoms with Gasteiger partial charge in [-0.3, -0.25) is 9.78 Å². The van der Waals surface area contributed by atoms with Crippen LogP contribution in [0.1, 0.15) is 24.8 Å². The molecule has 0 aliphatic carbocycles. The Labute approximate surface area is 187 Å². The van der Waals surface area contributed by atoms with Crippen molar-refractivity contribution in [1.29, 1.82) is 0 Å². The van der Waals surface area contributed by atoms with Crippen molar-refractivity contribution in [2.45, 2.75) is 48.8 Å². The van der Waals surface area contributed by atoms with Crippen LogP contribution in [0.4, 0.5) is 0 Å². The minimum Gasteiger partial charge on any atom is -0.394 e. The number of rotatable bonds is 9. The fourth-order valence-electron chi connectivity index (χ4n) is 3.53. The topological polar surface area (TPSA) is 118 Å². The van der Waals surface area contributed by atoms with E-state index < -0.39 is 22.2 Å². The summed E-state index contributed by atoms with van der Waals surface area (Å²) in [6, 6.07) is 9.21. The van der Waals surface area contributed by atoms with E-state index in [0.717, 1.165) is 5.56 Å². The predicted octanol–water partition coefficient (Wildman–Crippen LogP) is 1.67. The van der Waals surface area contributed by atoms with Crippen molar-refractivity contribution in [3.05, 3.63) is 59.4 Å². The largest absolute Gasteiger partial charge is 0.394 e. The first-order valence-corrected chi connectivity index (χ1v) is 11.9. The van der Waals surface area contributed by atoms with Crippen molar-refractivity contribution in [1.82, 2.24) is 15.0 Å². The van der Waals surface area contributed by atoms with Gasteiger partial charge in [-0.2, -0.15) is 0 Å². The molecule has 1 saturated heterocycles. The molecule has 1 aliphatic heterocycles. The Kier molecular flexibility index (Phi) is 8.39. The van der Waals surface area contributed by atoms with Crippen LogP contribution in [0.5, 0.6) is 0 Å². The molecule has 1 aliphatic rings. The number of aliphatic hydroxyl groups excluding tert-OH is 1. The quantitative estimate of drug-likeness (QED) is 0.516. The minimum absolute atomic E-state index is 0.00705. The number of nitrogens with zero attached hydrogens (tertiary/aromatic N) is 1. The molecule has 0 unspecified atom stereocenters. The number of amides is 1. The third-order valence-electron chi connectivity index (χ3n) is 5.13. The summed E-state index contributed by atoms with van der Waals surface area (Å²) in [4.78, 5) is 16.0. The van der Waals surface area contributed by atoms with Gasteiger partial charge < -0.3 is 15.2 Å². The lowest BCUT2D eigenvalue weighted by Crippen LogP contribution is -2.51. The average Bonchev–Trinajstić information content (AvgIpc) is 2.75. The van der Waals surface area contributed by atoms with Crippen LogP contribution in [0.3, 0.4) is 0 Å². The molecule has 168 valence electrons. The van der Waals surface area contributed by atoms with Crippen molar-refractivity contribution >= 4 is 27.5 Å². The highest BCUT2D eigenvalue weighted by atomic mass is 35.5. The summed E-state index contributed by atoms with van der Waals surface area (Å²) in [5.74, 6) is -0.0916. The molecule has 10 heteroatoms. The van der Waals surface area contributed by atoms with Crippen molar-refractivity contribution in [2.75, 3.05) is 13.2 Å². The first-order chi connectivity index (χ1) is 14.9. The Hall–Kier alpha value is -2.04. The van der Waals surface area contributed by atoms with E-state index in [-0.39, 0.29) is 35.0 Å². The molecule has 3 rings (SSSR count). The van der Waals surface area contributed by atoms with Crippen molar-refractivity contribution < 1.29 is 23.1 Å². The smallest absolute Gasteiger partial charge is 0.242 e. The van der Waals surface area contributed by atoms with Gasteiger partial charge in [0.05, 0.1) is 36.3 Å². The van der Waals surface area contributed by atoms with Gasteiger partial charge in [0.2, 0.25) is 15.9 Å². The lowest BCUT2D eigenvalue weighted by Gasteiger charge is -2.36. The summed E-state index contributed by atoms with van der Waals surface area (Å²) in [5, 5.41) is 12.7. The molecule has 8 nitrogen and oxygen atoms in total. The van der Waals surface area contributed by atoms with Crippen molar-refractivity contribution in [3.8, 4) is 0 Å². The lowest BCUT2D eigenvalue weighted by atomic mass is 9.98. The number of hydrogen-bond acceptors (Lipinski definition) is 6. The van der Waals surface area contributed by atoms with Crippen molar-refractivity contribution in [3.63, 3.8) is 0 Å². The van der Waals surface area contributed by atoms with Gasteiger partial charge in [-0.05, 0) is 49.1 Å². The molecule has 1 fully saturated rings. The zero-order valence-electron chi connectivity index (χ0n) is 16.9. The fourth-order valence-corrected chi connectivity index (χ4v) is 5.34. The number of pyridine rings is 1. The number of benzene rings is 1. The van der Waals surface area contributed by atoms with Crippen LogP contribution in [0.15, 0.2) is 53.7 Å². The third kappa shape index (κ3) is 6.72. The van der Waals surface area contributed by atoms with Gasteiger partial charge in [0.15, 0.2) is 0 Å². The van der Waals surface area contributed by atoms with E-state index >= 15 is 0 Å². The summed E-state index contributed by atoms with van der Waals surface area (Å²) in [6.45, 7) is 0.114. The molecule has 1 amide bonds. The van der Waals surface area contributed by atoms with Gasteiger partial charge in [-0.15, -0.1) is 0 Å². The molecule has 2 heterocycles. The van der Waals surface area contributed by atoms with Crippen LogP contribution < -0.4 is 10.0 Å². The van der Waals surface area contributed by atoms with E-state index in [1.165, 1.54) is 12.1 Å². The summed E-state index contributed by atoms with van der Waals surface area (Å²) in [6.07, 6.45) is 4.38. The third-order valence-corrected chi connectivity index (χ3v) is 7.12. The fraction of sp³-hybridized carbons (Fsp3) is 0.429. The standard InChI is InChI=1S/C21H26ClN3O5S/c22-17-3-1-2-4-20(17)31(28,29)25-18-6-5-16(30-19(18)14-26)9-12-24-21(27)13-15-7-10-23-11-8-15/h1-4,7-8,10-11,16,18-19,25-26H,5-6,9,12-14H2,(H,24,27)/t16-,18-,19-/m1/s1. The number of hydrogen-bond donors (Lipinski definition) is 3. The van der Waals surface area contributed by atoms with Crippen LogP contribution in [0, 0.1) is 0 Å². The number of halogens is 1. The molecule has 3 atom stereocenters. The molecular formula is C21H26ClN3O5S. The maximum absolute atomic E-state index is 12.7. The molecular weight excluding hydrogens is 442 g/mol. The normalized spacial score (nSPS) is 21.5. The SMILES string of the molecule is O=C(Cc1ccncc1)NCC[C@H]1CC[C@@H](NS(=O)(=O)c2ccccc2Cl)[C@@H](CO)O1. The average molecular weight is 468 g/mol. The van der Waals surface area contributed by atoms with Crippen LogP contribution in [-0.2, 0) is 26.0 Å². The van der Waals surface area contributed by atoms with E-state index in [0.29, 0.717) is 25.8 Å². The summed E-state index contributed by atoms with van der Waals surface area (Å²) >= 11 is 6.02. The molecule has 2 aromatic rings. The van der Waals surface area contributed by atoms with E-state index in [9.17, 15) is 18.3 Å². The van der Waals surface area contributed by atoms with Gasteiger partial charge in [0.1, 0.15) is 4.90 Å². The minimum atomic E-state index is -3.84. The maximum atomic E-state index is 12.7. The number of nitrogens with one attached hydrogen (secondary N) is 2. The first kappa shape index (κ1) is 23.6. The van der Waals surface area contributed by atoms with Gasteiger partial charge in [0, 0.05) is 18.9 Å².